The number of hydrogen-bond acceptors (Lipinski definition) is 4. The molecule has 0 aliphatic rings. The molecule has 5 heteroatoms. The van der Waals surface area contributed by atoms with Crippen LogP contribution in [0.15, 0.2) is 46.3 Å². The first-order chi connectivity index (χ1) is 8.77. The lowest BCUT2D eigenvalue weighted by Crippen LogP contribution is -1.90. The van der Waals surface area contributed by atoms with E-state index in [1.54, 1.807) is 18.2 Å². The second-order valence-electron chi connectivity index (χ2n) is 3.73. The third-order valence-corrected chi connectivity index (χ3v) is 3.48. The van der Waals surface area contributed by atoms with Crippen molar-refractivity contribution in [2.45, 2.75) is 0 Å². The summed E-state index contributed by atoms with van der Waals surface area (Å²) in [5, 5.41) is 5.65. The molecule has 0 aliphatic heterocycles. The summed E-state index contributed by atoms with van der Waals surface area (Å²) in [7, 11) is 0. The van der Waals surface area contributed by atoms with Crippen LogP contribution in [0.4, 0.5) is 10.2 Å². The Bertz CT molecular complexity index is 676. The Hall–Kier alpha value is -2.14. The highest BCUT2D eigenvalue weighted by Gasteiger charge is 2.20. The topological polar surface area (TPSA) is 52.0 Å². The van der Waals surface area contributed by atoms with Gasteiger partial charge in [-0.3, -0.25) is 0 Å². The van der Waals surface area contributed by atoms with E-state index in [0.717, 1.165) is 4.88 Å². The standard InChI is InChI=1S/C13H9FN2OS/c14-9-5-2-1-4-8(9)11-12(17-16-13(11)15)10-6-3-7-18-10/h1-7H,(H2,15,16). The highest BCUT2D eigenvalue weighted by atomic mass is 32.1. The second kappa shape index (κ2) is 4.27. The maximum atomic E-state index is 13.8. The van der Waals surface area contributed by atoms with E-state index in [1.165, 1.54) is 17.4 Å². The molecule has 0 saturated heterocycles. The quantitative estimate of drug-likeness (QED) is 0.762. The van der Waals surface area contributed by atoms with Crippen molar-refractivity contribution in [1.29, 1.82) is 0 Å². The largest absolute Gasteiger partial charge is 0.380 e. The van der Waals surface area contributed by atoms with Crippen LogP contribution >= 0.6 is 11.3 Å². The maximum Gasteiger partial charge on any atom is 0.186 e. The van der Waals surface area contributed by atoms with Gasteiger partial charge in [-0.05, 0) is 17.5 Å². The van der Waals surface area contributed by atoms with E-state index < -0.39 is 0 Å². The summed E-state index contributed by atoms with van der Waals surface area (Å²) >= 11 is 1.49. The fourth-order valence-electron chi connectivity index (χ4n) is 1.80. The van der Waals surface area contributed by atoms with Gasteiger partial charge in [-0.1, -0.05) is 29.4 Å². The molecule has 3 nitrogen and oxygen atoms in total. The van der Waals surface area contributed by atoms with Crippen molar-refractivity contribution in [3.63, 3.8) is 0 Å². The molecular weight excluding hydrogens is 251 g/mol. The van der Waals surface area contributed by atoms with Crippen LogP contribution in [-0.2, 0) is 0 Å². The zero-order chi connectivity index (χ0) is 12.5. The van der Waals surface area contributed by atoms with Crippen molar-refractivity contribution >= 4 is 17.2 Å². The summed E-state index contributed by atoms with van der Waals surface area (Å²) in [5.41, 5.74) is 6.69. The van der Waals surface area contributed by atoms with E-state index in [0.29, 0.717) is 16.9 Å². The third kappa shape index (κ3) is 1.69. The van der Waals surface area contributed by atoms with Crippen molar-refractivity contribution in [3.05, 3.63) is 47.6 Å². The predicted octanol–water partition coefficient (Wildman–Crippen LogP) is 3.79. The lowest BCUT2D eigenvalue weighted by Gasteiger charge is -2.02. The molecule has 3 rings (SSSR count). The van der Waals surface area contributed by atoms with Crippen LogP contribution < -0.4 is 5.73 Å². The number of benzene rings is 1. The normalized spacial score (nSPS) is 10.7. The number of rotatable bonds is 2. The SMILES string of the molecule is Nc1noc(-c2cccs2)c1-c1ccccc1F. The number of hydrogen-bond donors (Lipinski definition) is 1. The molecule has 2 aromatic heterocycles. The second-order valence-corrected chi connectivity index (χ2v) is 4.68. The van der Waals surface area contributed by atoms with Gasteiger partial charge in [0.2, 0.25) is 0 Å². The number of anilines is 1. The van der Waals surface area contributed by atoms with E-state index in [1.807, 2.05) is 17.5 Å². The summed E-state index contributed by atoms with van der Waals surface area (Å²) in [6.07, 6.45) is 0. The predicted molar refractivity (Wildman–Crippen MR) is 69.6 cm³/mol. The smallest absolute Gasteiger partial charge is 0.186 e. The third-order valence-electron chi connectivity index (χ3n) is 2.61. The molecule has 90 valence electrons. The van der Waals surface area contributed by atoms with Gasteiger partial charge in [-0.25, -0.2) is 4.39 Å². The number of thiophene rings is 1. The Morgan fingerprint density at radius 3 is 2.72 bits per heavy atom. The Morgan fingerprint density at radius 2 is 2.00 bits per heavy atom. The fourth-order valence-corrected chi connectivity index (χ4v) is 2.51. The lowest BCUT2D eigenvalue weighted by molar-refractivity contribution is 0.437. The number of aromatic nitrogens is 1. The lowest BCUT2D eigenvalue weighted by atomic mass is 10.0. The minimum Gasteiger partial charge on any atom is -0.380 e. The van der Waals surface area contributed by atoms with Gasteiger partial charge in [0.15, 0.2) is 11.6 Å². The molecule has 18 heavy (non-hydrogen) atoms. The van der Waals surface area contributed by atoms with E-state index in [4.69, 9.17) is 10.3 Å². The molecule has 0 radical (unpaired) electrons. The summed E-state index contributed by atoms with van der Waals surface area (Å²) in [5.74, 6) is 0.362. The first kappa shape index (κ1) is 11.0. The van der Waals surface area contributed by atoms with Crippen LogP contribution in [0, 0.1) is 5.82 Å². The van der Waals surface area contributed by atoms with Gasteiger partial charge >= 0.3 is 0 Å². The van der Waals surface area contributed by atoms with E-state index in [-0.39, 0.29) is 11.6 Å². The van der Waals surface area contributed by atoms with Gasteiger partial charge in [0.25, 0.3) is 0 Å². The van der Waals surface area contributed by atoms with Gasteiger partial charge in [-0.2, -0.15) is 0 Å². The van der Waals surface area contributed by atoms with Crippen molar-refractivity contribution in [2.75, 3.05) is 5.73 Å². The van der Waals surface area contributed by atoms with Crippen molar-refractivity contribution in [2.24, 2.45) is 0 Å². The molecule has 2 heterocycles. The Labute approximate surface area is 107 Å². The molecule has 3 aromatic rings. The average molecular weight is 260 g/mol. The van der Waals surface area contributed by atoms with Crippen LogP contribution in [0.1, 0.15) is 0 Å². The van der Waals surface area contributed by atoms with Crippen molar-refractivity contribution in [1.82, 2.24) is 5.16 Å². The fraction of sp³-hybridized carbons (Fsp3) is 0. The molecule has 0 bridgehead atoms. The highest BCUT2D eigenvalue weighted by molar-refractivity contribution is 7.13. The van der Waals surface area contributed by atoms with Crippen LogP contribution in [0.2, 0.25) is 0 Å². The number of nitrogens with two attached hydrogens (primary N) is 1. The van der Waals surface area contributed by atoms with Crippen LogP contribution in [-0.4, -0.2) is 5.16 Å². The molecule has 0 amide bonds. The van der Waals surface area contributed by atoms with Crippen molar-refractivity contribution < 1.29 is 8.91 Å². The average Bonchev–Trinajstić information content (AvgIpc) is 2.99. The van der Waals surface area contributed by atoms with E-state index in [9.17, 15) is 4.39 Å². The zero-order valence-electron chi connectivity index (χ0n) is 9.26. The van der Waals surface area contributed by atoms with Crippen LogP contribution in [0.5, 0.6) is 0 Å². The first-order valence-electron chi connectivity index (χ1n) is 5.31. The Morgan fingerprint density at radius 1 is 1.17 bits per heavy atom. The van der Waals surface area contributed by atoms with E-state index in [2.05, 4.69) is 5.16 Å². The summed E-state index contributed by atoms with van der Waals surface area (Å²) < 4.78 is 19.1. The highest BCUT2D eigenvalue weighted by Crippen LogP contribution is 2.39. The first-order valence-corrected chi connectivity index (χ1v) is 6.19. The van der Waals surface area contributed by atoms with Gasteiger partial charge in [0, 0.05) is 5.56 Å². The van der Waals surface area contributed by atoms with Gasteiger partial charge in [-0.15, -0.1) is 11.3 Å². The molecule has 0 spiro atoms. The molecule has 0 unspecified atom stereocenters. The molecule has 2 N–H and O–H groups in total. The molecular formula is C13H9FN2OS. The zero-order valence-corrected chi connectivity index (χ0v) is 10.1. The minimum absolute atomic E-state index is 0.198. The van der Waals surface area contributed by atoms with Gasteiger partial charge in [0.05, 0.1) is 10.4 Å². The summed E-state index contributed by atoms with van der Waals surface area (Å²) in [6.45, 7) is 0. The van der Waals surface area contributed by atoms with Gasteiger partial charge in [0.1, 0.15) is 5.82 Å². The number of nitrogen functional groups attached to an aromatic ring is 1. The molecule has 0 fully saturated rings. The van der Waals surface area contributed by atoms with Crippen molar-refractivity contribution in [3.8, 4) is 21.8 Å². The number of halogens is 1. The Balaban J connectivity index is 2.24. The monoisotopic (exact) mass is 260 g/mol. The molecule has 0 atom stereocenters. The van der Waals surface area contributed by atoms with E-state index >= 15 is 0 Å². The van der Waals surface area contributed by atoms with Crippen LogP contribution in [0.3, 0.4) is 0 Å². The number of nitrogens with zero attached hydrogens (tertiary/aromatic N) is 1. The Kier molecular flexibility index (Phi) is 2.60. The minimum atomic E-state index is -0.342. The molecule has 0 aliphatic carbocycles. The summed E-state index contributed by atoms with van der Waals surface area (Å²) in [6, 6.07) is 10.2. The summed E-state index contributed by atoms with van der Waals surface area (Å²) in [4.78, 5) is 0.873. The molecule has 1 aromatic carbocycles. The van der Waals surface area contributed by atoms with Gasteiger partial charge < -0.3 is 10.3 Å². The van der Waals surface area contributed by atoms with Crippen LogP contribution in [0.25, 0.3) is 21.8 Å². The maximum absolute atomic E-state index is 13.8. The molecule has 0 saturated carbocycles.